The van der Waals surface area contributed by atoms with Gasteiger partial charge in [0, 0.05) is 42.9 Å². The lowest BCUT2D eigenvalue weighted by Crippen LogP contribution is -2.41. The Balaban J connectivity index is 1.09. The molecular weight excluding hydrogens is 422 g/mol. The topological polar surface area (TPSA) is 88.3 Å². The van der Waals surface area contributed by atoms with Gasteiger partial charge < -0.3 is 10.2 Å². The highest BCUT2D eigenvalue weighted by atomic mass is 32.1. The quantitative estimate of drug-likeness (QED) is 0.489. The number of hydrogen-bond donors (Lipinski definition) is 1. The molecule has 32 heavy (non-hydrogen) atoms. The second kappa shape index (κ2) is 9.04. The minimum Gasteiger partial charge on any atom is -0.355 e. The number of thiazole rings is 1. The second-order valence-electron chi connectivity index (χ2n) is 8.14. The highest BCUT2D eigenvalue weighted by Crippen LogP contribution is 2.24. The number of nitrogens with zero attached hydrogens (tertiary/aromatic N) is 6. The Morgan fingerprint density at radius 2 is 1.97 bits per heavy atom. The van der Waals surface area contributed by atoms with Gasteiger partial charge in [-0.15, -0.1) is 26.6 Å². The summed E-state index contributed by atoms with van der Waals surface area (Å²) in [6.07, 6.45) is 3.99. The summed E-state index contributed by atoms with van der Waals surface area (Å²) in [5, 5.41) is 18.6. The fraction of sp³-hybridized carbons (Fsp3) is 0.348. The zero-order valence-electron chi connectivity index (χ0n) is 17.9. The zero-order valence-corrected chi connectivity index (χ0v) is 18.8. The van der Waals surface area contributed by atoms with E-state index >= 15 is 0 Å². The van der Waals surface area contributed by atoms with E-state index in [0.29, 0.717) is 6.54 Å². The van der Waals surface area contributed by atoms with Crippen LogP contribution in [0.5, 0.6) is 0 Å². The van der Waals surface area contributed by atoms with Crippen LogP contribution in [0.2, 0.25) is 0 Å². The number of amides is 1. The van der Waals surface area contributed by atoms with Crippen molar-refractivity contribution in [3.63, 3.8) is 0 Å². The molecule has 1 saturated heterocycles. The van der Waals surface area contributed by atoms with Crippen LogP contribution < -0.4 is 10.2 Å². The Labute approximate surface area is 190 Å². The van der Waals surface area contributed by atoms with Crippen LogP contribution in [0.1, 0.15) is 24.1 Å². The largest absolute Gasteiger partial charge is 0.355 e. The first kappa shape index (κ1) is 20.6. The number of carbonyl (C=O) groups excluding carboxylic acids is 1. The van der Waals surface area contributed by atoms with Crippen molar-refractivity contribution in [2.75, 3.05) is 24.5 Å². The number of nitrogens with one attached hydrogen (secondary N) is 1. The molecule has 1 aliphatic rings. The molecule has 1 fully saturated rings. The Morgan fingerprint density at radius 3 is 2.78 bits per heavy atom. The van der Waals surface area contributed by atoms with Crippen LogP contribution in [0.4, 0.5) is 5.82 Å². The van der Waals surface area contributed by atoms with Gasteiger partial charge in [0.25, 0.3) is 0 Å². The Morgan fingerprint density at radius 1 is 1.16 bits per heavy atom. The number of aromatic nitrogens is 5. The predicted octanol–water partition coefficient (Wildman–Crippen LogP) is 3.13. The SMILES string of the molecule is Cc1ccc(-c2nc(CCNC(=O)C3CCN(c4ccc5nncn5n4)CC3)cs2)cc1. The van der Waals surface area contributed by atoms with Gasteiger partial charge in [-0.3, -0.25) is 4.79 Å². The highest BCUT2D eigenvalue weighted by molar-refractivity contribution is 7.13. The molecular formula is C23H25N7OS. The molecule has 1 aliphatic heterocycles. The van der Waals surface area contributed by atoms with E-state index in [1.54, 1.807) is 22.2 Å². The van der Waals surface area contributed by atoms with Crippen molar-refractivity contribution < 1.29 is 4.79 Å². The summed E-state index contributed by atoms with van der Waals surface area (Å²) in [5.41, 5.74) is 4.14. The van der Waals surface area contributed by atoms with Crippen LogP contribution in [0, 0.1) is 12.8 Å². The van der Waals surface area contributed by atoms with Crippen LogP contribution in [-0.2, 0) is 11.2 Å². The van der Waals surface area contributed by atoms with Crippen molar-refractivity contribution in [2.45, 2.75) is 26.2 Å². The number of hydrogen-bond acceptors (Lipinski definition) is 7. The van der Waals surface area contributed by atoms with Crippen molar-refractivity contribution >= 4 is 28.7 Å². The lowest BCUT2D eigenvalue weighted by Gasteiger charge is -2.32. The molecule has 9 heteroatoms. The summed E-state index contributed by atoms with van der Waals surface area (Å²) in [5.74, 6) is 1.08. The number of piperidine rings is 1. The number of benzene rings is 1. The standard InChI is InChI=1S/C23H25N7OS/c1-16-2-4-18(5-3-16)23-26-19(14-32-23)8-11-24-22(31)17-9-12-29(13-10-17)21-7-6-20-27-25-15-30(20)28-21/h2-7,14-15,17H,8-13H2,1H3,(H,24,31). The number of anilines is 1. The Hall–Kier alpha value is -3.33. The van der Waals surface area contributed by atoms with Gasteiger partial charge in [-0.1, -0.05) is 29.8 Å². The van der Waals surface area contributed by atoms with Crippen LogP contribution >= 0.6 is 11.3 Å². The average Bonchev–Trinajstić information content (AvgIpc) is 3.49. The molecule has 5 rings (SSSR count). The van der Waals surface area contributed by atoms with Crippen LogP contribution in [0.25, 0.3) is 16.2 Å². The minimum absolute atomic E-state index is 0.0449. The summed E-state index contributed by atoms with van der Waals surface area (Å²) in [7, 11) is 0. The fourth-order valence-corrected chi connectivity index (χ4v) is 4.83. The Kier molecular flexibility index (Phi) is 5.81. The molecule has 0 bridgehead atoms. The van der Waals surface area contributed by atoms with E-state index in [-0.39, 0.29) is 11.8 Å². The zero-order chi connectivity index (χ0) is 21.9. The van der Waals surface area contributed by atoms with Crippen LogP contribution in [-0.4, -0.2) is 50.3 Å². The Bertz CT molecular complexity index is 1210. The molecule has 0 spiro atoms. The molecule has 3 aromatic heterocycles. The number of rotatable bonds is 6. The maximum absolute atomic E-state index is 12.6. The van der Waals surface area contributed by atoms with Gasteiger partial charge >= 0.3 is 0 Å². The average molecular weight is 448 g/mol. The fourth-order valence-electron chi connectivity index (χ4n) is 3.97. The second-order valence-corrected chi connectivity index (χ2v) is 9.00. The van der Waals surface area contributed by atoms with Crippen molar-refractivity contribution in [1.29, 1.82) is 0 Å². The van der Waals surface area contributed by atoms with E-state index in [1.807, 2.05) is 12.1 Å². The summed E-state index contributed by atoms with van der Waals surface area (Å²) in [6, 6.07) is 12.3. The van der Waals surface area contributed by atoms with Gasteiger partial charge in [0.1, 0.15) is 17.2 Å². The molecule has 1 amide bonds. The van der Waals surface area contributed by atoms with Crippen LogP contribution in [0.3, 0.4) is 0 Å². The van der Waals surface area contributed by atoms with Crippen molar-refractivity contribution in [2.24, 2.45) is 5.92 Å². The molecule has 0 saturated carbocycles. The van der Waals surface area contributed by atoms with Gasteiger partial charge in [0.2, 0.25) is 5.91 Å². The van der Waals surface area contributed by atoms with Crippen LogP contribution in [0.15, 0.2) is 48.1 Å². The van der Waals surface area contributed by atoms with Gasteiger partial charge in [0.15, 0.2) is 5.65 Å². The summed E-state index contributed by atoms with van der Waals surface area (Å²) in [4.78, 5) is 19.6. The molecule has 4 heterocycles. The first-order valence-corrected chi connectivity index (χ1v) is 11.7. The number of fused-ring (bicyclic) bond motifs is 1. The lowest BCUT2D eigenvalue weighted by molar-refractivity contribution is -0.125. The molecule has 0 unspecified atom stereocenters. The van der Waals surface area contributed by atoms with E-state index in [1.165, 1.54) is 5.56 Å². The third-order valence-electron chi connectivity index (χ3n) is 5.87. The molecule has 0 atom stereocenters. The van der Waals surface area contributed by atoms with Gasteiger partial charge in [-0.25, -0.2) is 4.98 Å². The number of carbonyl (C=O) groups is 1. The molecule has 4 aromatic rings. The van der Waals surface area contributed by atoms with Gasteiger partial charge in [-0.2, -0.15) is 4.52 Å². The van der Waals surface area contributed by atoms with E-state index in [4.69, 9.17) is 4.98 Å². The monoisotopic (exact) mass is 447 g/mol. The molecule has 8 nitrogen and oxygen atoms in total. The smallest absolute Gasteiger partial charge is 0.223 e. The first-order valence-electron chi connectivity index (χ1n) is 10.9. The van der Waals surface area contributed by atoms with Crippen molar-refractivity contribution in [1.82, 2.24) is 30.1 Å². The summed E-state index contributed by atoms with van der Waals surface area (Å²) < 4.78 is 1.68. The molecule has 164 valence electrons. The summed E-state index contributed by atoms with van der Waals surface area (Å²) in [6.45, 7) is 4.32. The summed E-state index contributed by atoms with van der Waals surface area (Å²) >= 11 is 1.65. The highest BCUT2D eigenvalue weighted by Gasteiger charge is 2.25. The normalized spacial score (nSPS) is 14.7. The van der Waals surface area contributed by atoms with E-state index < -0.39 is 0 Å². The maximum atomic E-state index is 12.6. The third-order valence-corrected chi connectivity index (χ3v) is 6.81. The van der Waals surface area contributed by atoms with Gasteiger partial charge in [-0.05, 0) is 31.9 Å². The molecule has 1 aromatic carbocycles. The maximum Gasteiger partial charge on any atom is 0.223 e. The van der Waals surface area contributed by atoms with E-state index in [0.717, 1.165) is 60.1 Å². The van der Waals surface area contributed by atoms with Crippen molar-refractivity contribution in [3.05, 3.63) is 59.4 Å². The van der Waals surface area contributed by atoms with Crippen molar-refractivity contribution in [3.8, 4) is 10.6 Å². The molecule has 0 radical (unpaired) electrons. The third kappa shape index (κ3) is 4.47. The van der Waals surface area contributed by atoms with E-state index in [9.17, 15) is 4.79 Å². The lowest BCUT2D eigenvalue weighted by atomic mass is 9.96. The minimum atomic E-state index is 0.0449. The molecule has 0 aliphatic carbocycles. The van der Waals surface area contributed by atoms with E-state index in [2.05, 4.69) is 62.1 Å². The predicted molar refractivity (Wildman–Crippen MR) is 125 cm³/mol. The number of aryl methyl sites for hydroxylation is 1. The first-order chi connectivity index (χ1) is 15.7. The van der Waals surface area contributed by atoms with Gasteiger partial charge in [0.05, 0.1) is 5.69 Å². The molecule has 1 N–H and O–H groups in total.